The van der Waals surface area contributed by atoms with Gasteiger partial charge in [0.25, 0.3) is 12.1 Å². The minimum absolute atomic E-state index is 0.00366. The van der Waals surface area contributed by atoms with Crippen LogP contribution in [-0.4, -0.2) is 41.1 Å². The fourth-order valence-electron chi connectivity index (χ4n) is 3.93. The minimum atomic E-state index is -0.361. The second kappa shape index (κ2) is 10.7. The Balaban J connectivity index is 1.29. The maximum atomic E-state index is 13.3. The number of para-hydroxylation sites is 1. The Kier molecular flexibility index (Phi) is 7.08. The van der Waals surface area contributed by atoms with Gasteiger partial charge in [-0.15, -0.1) is 0 Å². The molecule has 0 bridgehead atoms. The molecular weight excluding hydrogens is 483 g/mol. The molecule has 3 heterocycles. The summed E-state index contributed by atoms with van der Waals surface area (Å²) < 4.78 is 18.5. The Bertz CT molecular complexity index is 1300. The van der Waals surface area contributed by atoms with Crippen LogP contribution in [0.2, 0.25) is 0 Å². The third-order valence-corrected chi connectivity index (χ3v) is 6.63. The Morgan fingerprint density at radius 1 is 1.11 bits per heavy atom. The van der Waals surface area contributed by atoms with E-state index in [1.807, 2.05) is 18.2 Å². The molecule has 1 N–H and O–H groups in total. The van der Waals surface area contributed by atoms with E-state index in [9.17, 15) is 14.0 Å². The van der Waals surface area contributed by atoms with E-state index in [2.05, 4.69) is 20.6 Å². The van der Waals surface area contributed by atoms with Crippen molar-refractivity contribution < 1.29 is 23.3 Å². The van der Waals surface area contributed by atoms with E-state index < -0.39 is 0 Å². The van der Waals surface area contributed by atoms with Crippen LogP contribution in [-0.2, 0) is 9.59 Å². The number of nitrogens with zero attached hydrogens (tertiary/aromatic N) is 5. The average molecular weight is 508 g/mol. The molecule has 1 aromatic heterocycles. The van der Waals surface area contributed by atoms with E-state index in [0.717, 1.165) is 37.7 Å². The van der Waals surface area contributed by atoms with Crippen molar-refractivity contribution in [2.24, 2.45) is 4.99 Å². The first-order valence-corrected chi connectivity index (χ1v) is 12.6. The van der Waals surface area contributed by atoms with Gasteiger partial charge in [0.05, 0.1) is 29.3 Å². The molecule has 0 spiro atoms. The van der Waals surface area contributed by atoms with Gasteiger partial charge in [0.1, 0.15) is 11.5 Å². The summed E-state index contributed by atoms with van der Waals surface area (Å²) in [5.41, 5.74) is 1.48. The highest BCUT2D eigenvalue weighted by Gasteiger charge is 2.32. The quantitative estimate of drug-likeness (QED) is 0.406. The summed E-state index contributed by atoms with van der Waals surface area (Å²) in [4.78, 5) is 33.4. The molecule has 0 aliphatic carbocycles. The van der Waals surface area contributed by atoms with E-state index in [1.165, 1.54) is 23.5 Å². The molecule has 9 nitrogen and oxygen atoms in total. The number of thioether (sulfide) groups is 1. The molecule has 0 radical (unpaired) electrons. The third kappa shape index (κ3) is 5.46. The van der Waals surface area contributed by atoms with Crippen molar-refractivity contribution in [1.29, 1.82) is 0 Å². The van der Waals surface area contributed by atoms with Gasteiger partial charge in [0.2, 0.25) is 11.2 Å². The molecule has 5 rings (SSSR count). The van der Waals surface area contributed by atoms with E-state index in [0.29, 0.717) is 16.4 Å². The number of benzene rings is 2. The molecule has 1 fully saturated rings. The number of halogens is 1. The van der Waals surface area contributed by atoms with Crippen molar-refractivity contribution in [3.63, 3.8) is 0 Å². The Labute approximate surface area is 211 Å². The number of carbonyl (C=O) groups excluding carboxylic acids is 2. The van der Waals surface area contributed by atoms with Crippen molar-refractivity contribution >= 4 is 46.4 Å². The van der Waals surface area contributed by atoms with Gasteiger partial charge in [0, 0.05) is 0 Å². The molecule has 11 heteroatoms. The van der Waals surface area contributed by atoms with Crippen LogP contribution in [0.5, 0.6) is 0 Å². The minimum Gasteiger partial charge on any atom is -0.288 e. The number of rotatable bonds is 6. The standard InChI is InChI=1S/C25H23FN6O3S/c26-19-11-9-18(10-12-19)15-21-24(34)32(20-7-3-1-4-8-20)25(27-21)36-17-22(33)28-23-16-31(29-35-23)30-13-5-2-6-14-30/h1,3-4,7-12,15-16H,2,5-6,13-14,17H2/p+1/b21-15+. The molecule has 0 unspecified atom stereocenters. The smallest absolute Gasteiger partial charge is 0.288 e. The number of anilines is 2. The zero-order chi connectivity index (χ0) is 24.9. The summed E-state index contributed by atoms with van der Waals surface area (Å²) in [5.74, 6) is -0.761. The molecule has 3 aromatic rings. The third-order valence-electron chi connectivity index (χ3n) is 5.69. The molecule has 2 aliphatic rings. The van der Waals surface area contributed by atoms with Gasteiger partial charge in [0.15, 0.2) is 5.17 Å². The van der Waals surface area contributed by atoms with Gasteiger partial charge >= 0.3 is 5.88 Å². The maximum absolute atomic E-state index is 13.3. The summed E-state index contributed by atoms with van der Waals surface area (Å²) in [7, 11) is 0. The van der Waals surface area contributed by atoms with Crippen molar-refractivity contribution in [3.8, 4) is 0 Å². The number of aromatic nitrogens is 2. The zero-order valence-corrected chi connectivity index (χ0v) is 20.2. The van der Waals surface area contributed by atoms with Crippen LogP contribution in [0, 0.1) is 5.82 Å². The number of nitrogens with one attached hydrogen (secondary N) is 1. The van der Waals surface area contributed by atoms with E-state index in [1.54, 1.807) is 41.3 Å². The van der Waals surface area contributed by atoms with Crippen LogP contribution < -0.4 is 20.0 Å². The lowest BCUT2D eigenvalue weighted by Gasteiger charge is -2.17. The first kappa shape index (κ1) is 23.7. The normalized spacial score (nSPS) is 17.0. The van der Waals surface area contributed by atoms with E-state index in [-0.39, 0.29) is 35.0 Å². The Morgan fingerprint density at radius 2 is 1.86 bits per heavy atom. The SMILES string of the molecule is O=C(CSC1=N/C(=C/c2ccc(F)cc2)C(=O)N1c1ccccc1)Nc1c[n+](N2CCCCC2)no1. The molecule has 0 atom stereocenters. The predicted molar refractivity (Wildman–Crippen MR) is 135 cm³/mol. The topological polar surface area (TPSA) is 94.9 Å². The average Bonchev–Trinajstić information content (AvgIpc) is 3.49. The predicted octanol–water partition coefficient (Wildman–Crippen LogP) is 3.34. The van der Waals surface area contributed by atoms with Gasteiger partial charge in [-0.1, -0.05) is 42.1 Å². The lowest BCUT2D eigenvalue weighted by Crippen LogP contribution is -2.60. The number of amidine groups is 1. The fourth-order valence-corrected chi connectivity index (χ4v) is 4.74. The Hall–Kier alpha value is -3.99. The number of hydrogen-bond donors (Lipinski definition) is 1. The summed E-state index contributed by atoms with van der Waals surface area (Å²) in [6, 6.07) is 14.9. The van der Waals surface area contributed by atoms with Crippen molar-refractivity contribution in [3.05, 3.63) is 77.9 Å². The highest BCUT2D eigenvalue weighted by molar-refractivity contribution is 8.14. The first-order chi connectivity index (χ1) is 17.6. The molecule has 0 saturated carbocycles. The monoisotopic (exact) mass is 507 g/mol. The van der Waals surface area contributed by atoms with Crippen LogP contribution in [0.3, 0.4) is 0 Å². The molecule has 2 amide bonds. The number of hydrogen-bond acceptors (Lipinski definition) is 7. The highest BCUT2D eigenvalue weighted by atomic mass is 32.2. The van der Waals surface area contributed by atoms with E-state index in [4.69, 9.17) is 4.52 Å². The van der Waals surface area contributed by atoms with Gasteiger partial charge < -0.3 is 0 Å². The van der Waals surface area contributed by atoms with Crippen molar-refractivity contribution in [2.45, 2.75) is 19.3 Å². The van der Waals surface area contributed by atoms with E-state index >= 15 is 0 Å². The molecule has 2 aromatic carbocycles. The van der Waals surface area contributed by atoms with Crippen LogP contribution in [0.15, 0.2) is 76.0 Å². The fraction of sp³-hybridized carbons (Fsp3) is 0.240. The molecular formula is C25H24FN6O3S+. The second-order valence-corrected chi connectivity index (χ2v) is 9.23. The van der Waals surface area contributed by atoms with Crippen LogP contribution in [0.1, 0.15) is 24.8 Å². The second-order valence-electron chi connectivity index (χ2n) is 8.29. The van der Waals surface area contributed by atoms with Crippen molar-refractivity contribution in [1.82, 2.24) is 5.27 Å². The Morgan fingerprint density at radius 3 is 2.61 bits per heavy atom. The molecule has 2 aliphatic heterocycles. The first-order valence-electron chi connectivity index (χ1n) is 11.6. The largest absolute Gasteiger partial charge is 0.305 e. The van der Waals surface area contributed by atoms with Crippen molar-refractivity contribution in [2.75, 3.05) is 34.1 Å². The number of piperidine rings is 1. The number of amides is 2. The molecule has 36 heavy (non-hydrogen) atoms. The van der Waals surface area contributed by atoms with Gasteiger partial charge in [-0.2, -0.15) is 5.01 Å². The highest BCUT2D eigenvalue weighted by Crippen LogP contribution is 2.29. The number of aliphatic imine (C=N–C) groups is 1. The van der Waals surface area contributed by atoms with Gasteiger partial charge in [-0.05, 0) is 55.2 Å². The number of carbonyl (C=O) groups is 2. The van der Waals surface area contributed by atoms with Crippen LogP contribution in [0.25, 0.3) is 6.08 Å². The van der Waals surface area contributed by atoms with Gasteiger partial charge in [-0.25, -0.2) is 9.38 Å². The summed E-state index contributed by atoms with van der Waals surface area (Å²) in [6.07, 6.45) is 6.62. The lowest BCUT2D eigenvalue weighted by molar-refractivity contribution is -0.759. The van der Waals surface area contributed by atoms with Crippen LogP contribution >= 0.6 is 11.8 Å². The maximum Gasteiger partial charge on any atom is 0.305 e. The van der Waals surface area contributed by atoms with Crippen LogP contribution in [0.4, 0.5) is 16.0 Å². The summed E-state index contributed by atoms with van der Waals surface area (Å²) in [5, 5.41) is 9.12. The zero-order valence-electron chi connectivity index (χ0n) is 19.3. The molecule has 184 valence electrons. The summed E-state index contributed by atoms with van der Waals surface area (Å²) in [6.45, 7) is 1.77. The molecule has 1 saturated heterocycles. The summed E-state index contributed by atoms with van der Waals surface area (Å²) >= 11 is 1.13. The lowest BCUT2D eigenvalue weighted by atomic mass is 10.2. The van der Waals surface area contributed by atoms with Gasteiger partial charge in [-0.3, -0.25) is 24.3 Å².